The Hall–Kier alpha value is -3.46. The number of carbonyl (C=O) groups is 1. The van der Waals surface area contributed by atoms with E-state index in [4.69, 9.17) is 0 Å². The smallest absolute Gasteiger partial charge is 0.264 e. The molecule has 118 valence electrons. The first-order chi connectivity index (χ1) is 12.3. The summed E-state index contributed by atoms with van der Waals surface area (Å²) in [5, 5.41) is 3.02. The molecule has 0 saturated heterocycles. The molecule has 1 aliphatic rings. The largest absolute Gasteiger partial charge is 0.275 e. The molecule has 3 nitrogen and oxygen atoms in total. The van der Waals surface area contributed by atoms with Crippen molar-refractivity contribution >= 4 is 39.0 Å². The number of fused-ring (bicyclic) bond motifs is 4. The first kappa shape index (κ1) is 13.9. The van der Waals surface area contributed by atoms with Gasteiger partial charge in [0.05, 0.1) is 22.5 Å². The van der Waals surface area contributed by atoms with Gasteiger partial charge in [0.15, 0.2) is 0 Å². The minimum absolute atomic E-state index is 0.0463. The van der Waals surface area contributed by atoms with E-state index < -0.39 is 0 Å². The molecule has 1 aliphatic heterocycles. The van der Waals surface area contributed by atoms with Gasteiger partial charge in [0.25, 0.3) is 5.91 Å². The molecule has 0 spiro atoms. The van der Waals surface area contributed by atoms with Gasteiger partial charge in [0, 0.05) is 17.1 Å². The van der Waals surface area contributed by atoms with Gasteiger partial charge in [-0.3, -0.25) is 14.7 Å². The first-order valence-electron chi connectivity index (χ1n) is 8.15. The maximum atomic E-state index is 13.3. The monoisotopic (exact) mass is 322 g/mol. The van der Waals surface area contributed by atoms with E-state index in [9.17, 15) is 4.79 Å². The van der Waals surface area contributed by atoms with E-state index in [1.54, 1.807) is 11.1 Å². The third-order valence-corrected chi connectivity index (χ3v) is 4.78. The number of rotatable bonds is 1. The minimum atomic E-state index is -0.0463. The molecule has 3 aromatic carbocycles. The van der Waals surface area contributed by atoms with Crippen LogP contribution in [0, 0.1) is 0 Å². The van der Waals surface area contributed by atoms with Crippen molar-refractivity contribution in [2.75, 3.05) is 4.90 Å². The van der Waals surface area contributed by atoms with Gasteiger partial charge >= 0.3 is 0 Å². The third-order valence-electron chi connectivity index (χ3n) is 4.78. The van der Waals surface area contributed by atoms with Gasteiger partial charge in [-0.25, -0.2) is 0 Å². The normalized spacial score (nSPS) is 13.7. The van der Waals surface area contributed by atoms with Gasteiger partial charge < -0.3 is 0 Å². The number of nitrogens with zero attached hydrogens (tertiary/aromatic N) is 2. The number of anilines is 1. The minimum Gasteiger partial charge on any atom is -0.275 e. The van der Waals surface area contributed by atoms with Crippen LogP contribution in [0.2, 0.25) is 0 Å². The maximum absolute atomic E-state index is 13.3. The van der Waals surface area contributed by atoms with E-state index in [0.717, 1.165) is 38.5 Å². The van der Waals surface area contributed by atoms with Gasteiger partial charge in [-0.05, 0) is 22.9 Å². The molecule has 0 bridgehead atoms. The molecule has 0 saturated carbocycles. The SMILES string of the molecule is C=C1c2ccc3ccccc3c2C(=O)N1c1cccc2cccnc12. The summed E-state index contributed by atoms with van der Waals surface area (Å²) in [5.74, 6) is -0.0463. The highest BCUT2D eigenvalue weighted by atomic mass is 16.2. The van der Waals surface area contributed by atoms with Crippen molar-refractivity contribution in [3.05, 3.63) is 90.6 Å². The lowest BCUT2D eigenvalue weighted by Crippen LogP contribution is -2.22. The Labute approximate surface area is 144 Å². The molecule has 4 aromatic rings. The van der Waals surface area contributed by atoms with E-state index in [-0.39, 0.29) is 5.91 Å². The number of amides is 1. The molecule has 5 rings (SSSR count). The standard InChI is InChI=1S/C22H14N2O/c1-14-17-12-11-15-6-2-3-9-18(15)20(17)22(25)24(14)19-10-4-7-16-8-5-13-23-21(16)19/h2-13H,1H2. The molecule has 3 heteroatoms. The lowest BCUT2D eigenvalue weighted by molar-refractivity contribution is 0.101. The fourth-order valence-electron chi connectivity index (χ4n) is 3.62. The summed E-state index contributed by atoms with van der Waals surface area (Å²) in [7, 11) is 0. The highest BCUT2D eigenvalue weighted by Gasteiger charge is 2.34. The van der Waals surface area contributed by atoms with E-state index in [0.29, 0.717) is 5.70 Å². The molecule has 0 fully saturated rings. The Bertz CT molecular complexity index is 1190. The molecule has 2 heterocycles. The van der Waals surface area contributed by atoms with Crippen LogP contribution >= 0.6 is 0 Å². The summed E-state index contributed by atoms with van der Waals surface area (Å²) in [4.78, 5) is 19.5. The highest BCUT2D eigenvalue weighted by molar-refractivity contribution is 6.28. The zero-order chi connectivity index (χ0) is 17.0. The van der Waals surface area contributed by atoms with Gasteiger partial charge in [-0.1, -0.05) is 61.2 Å². The van der Waals surface area contributed by atoms with Crippen molar-refractivity contribution in [2.45, 2.75) is 0 Å². The number of para-hydroxylation sites is 1. The molecule has 0 unspecified atom stereocenters. The fourth-order valence-corrected chi connectivity index (χ4v) is 3.62. The van der Waals surface area contributed by atoms with E-state index in [2.05, 4.69) is 11.6 Å². The molecule has 1 amide bonds. The summed E-state index contributed by atoms with van der Waals surface area (Å²) >= 11 is 0. The Morgan fingerprint density at radius 1 is 0.840 bits per heavy atom. The number of carbonyl (C=O) groups excluding carboxylic acids is 1. The Kier molecular flexibility index (Phi) is 2.80. The number of aromatic nitrogens is 1. The number of benzene rings is 3. The van der Waals surface area contributed by atoms with Gasteiger partial charge in [-0.15, -0.1) is 0 Å². The second-order valence-corrected chi connectivity index (χ2v) is 6.15. The second kappa shape index (κ2) is 5.02. The molecular formula is C22H14N2O. The van der Waals surface area contributed by atoms with Gasteiger partial charge in [0.2, 0.25) is 0 Å². The van der Waals surface area contributed by atoms with Crippen molar-refractivity contribution in [3.8, 4) is 0 Å². The van der Waals surface area contributed by atoms with Crippen molar-refractivity contribution < 1.29 is 4.79 Å². The summed E-state index contributed by atoms with van der Waals surface area (Å²) in [5.41, 5.74) is 3.88. The molecule has 25 heavy (non-hydrogen) atoms. The summed E-state index contributed by atoms with van der Waals surface area (Å²) in [6.07, 6.45) is 1.75. The highest BCUT2D eigenvalue weighted by Crippen LogP contribution is 2.41. The van der Waals surface area contributed by atoms with Gasteiger partial charge in [-0.2, -0.15) is 0 Å². The Morgan fingerprint density at radius 2 is 1.64 bits per heavy atom. The van der Waals surface area contributed by atoms with Crippen LogP contribution in [0.4, 0.5) is 5.69 Å². The van der Waals surface area contributed by atoms with Crippen LogP contribution < -0.4 is 4.90 Å². The van der Waals surface area contributed by atoms with Crippen molar-refractivity contribution in [2.24, 2.45) is 0 Å². The maximum Gasteiger partial charge on any atom is 0.264 e. The van der Waals surface area contributed by atoms with Crippen LogP contribution in [0.5, 0.6) is 0 Å². The van der Waals surface area contributed by atoms with Crippen molar-refractivity contribution in [3.63, 3.8) is 0 Å². The molecule has 0 N–H and O–H groups in total. The van der Waals surface area contributed by atoms with Crippen LogP contribution in [-0.4, -0.2) is 10.9 Å². The summed E-state index contributed by atoms with van der Waals surface area (Å²) < 4.78 is 0. The molecule has 0 atom stereocenters. The second-order valence-electron chi connectivity index (χ2n) is 6.15. The first-order valence-corrected chi connectivity index (χ1v) is 8.15. The van der Waals surface area contributed by atoms with Gasteiger partial charge in [0.1, 0.15) is 0 Å². The molecule has 0 aliphatic carbocycles. The lowest BCUT2D eigenvalue weighted by Gasteiger charge is -2.19. The quantitative estimate of drug-likeness (QED) is 0.493. The average molecular weight is 322 g/mol. The van der Waals surface area contributed by atoms with Crippen LogP contribution in [-0.2, 0) is 0 Å². The molecule has 1 aromatic heterocycles. The third kappa shape index (κ3) is 1.86. The number of pyridine rings is 1. The summed E-state index contributed by atoms with van der Waals surface area (Å²) in [6.45, 7) is 4.19. The zero-order valence-electron chi connectivity index (χ0n) is 13.4. The van der Waals surface area contributed by atoms with Crippen molar-refractivity contribution in [1.29, 1.82) is 0 Å². The topological polar surface area (TPSA) is 33.2 Å². The predicted octanol–water partition coefficient (Wildman–Crippen LogP) is 5.02. The average Bonchev–Trinajstić information content (AvgIpc) is 2.92. The predicted molar refractivity (Wildman–Crippen MR) is 102 cm³/mol. The molecular weight excluding hydrogens is 308 g/mol. The van der Waals surface area contributed by atoms with E-state index in [1.165, 1.54) is 0 Å². The van der Waals surface area contributed by atoms with Crippen LogP contribution in [0.15, 0.2) is 79.5 Å². The number of hydrogen-bond donors (Lipinski definition) is 0. The molecule has 0 radical (unpaired) electrons. The van der Waals surface area contributed by atoms with Crippen LogP contribution in [0.1, 0.15) is 15.9 Å². The lowest BCUT2D eigenvalue weighted by atomic mass is 10.00. The Balaban J connectivity index is 1.78. The van der Waals surface area contributed by atoms with E-state index in [1.807, 2.05) is 66.7 Å². The van der Waals surface area contributed by atoms with E-state index >= 15 is 0 Å². The summed E-state index contributed by atoms with van der Waals surface area (Å²) in [6, 6.07) is 21.7. The number of hydrogen-bond acceptors (Lipinski definition) is 2. The van der Waals surface area contributed by atoms with Crippen molar-refractivity contribution in [1.82, 2.24) is 4.98 Å². The fraction of sp³-hybridized carbons (Fsp3) is 0. The van der Waals surface area contributed by atoms with Crippen LogP contribution in [0.25, 0.3) is 27.4 Å². The zero-order valence-corrected chi connectivity index (χ0v) is 13.4. The Morgan fingerprint density at radius 3 is 2.56 bits per heavy atom. The van der Waals surface area contributed by atoms with Crippen LogP contribution in [0.3, 0.4) is 0 Å².